The van der Waals surface area contributed by atoms with Crippen molar-refractivity contribution < 1.29 is 9.47 Å². The van der Waals surface area contributed by atoms with Crippen molar-refractivity contribution in [2.45, 2.75) is 12.5 Å². The molecule has 0 atom stereocenters. The summed E-state index contributed by atoms with van der Waals surface area (Å²) in [5.41, 5.74) is 15.7. The lowest BCUT2D eigenvalue weighted by Gasteiger charge is -2.21. The molecule has 0 saturated carbocycles. The van der Waals surface area contributed by atoms with Gasteiger partial charge in [0.2, 0.25) is 0 Å². The Kier molecular flexibility index (Phi) is 4.57. The second-order valence-electron chi connectivity index (χ2n) is 8.18. The SMILES string of the molecule is COc1ccc(-c2ccc3c(c2)-c2cc(-c4ccc(OC)cc4)ccc2C3(C)N)cc1. The number of rotatable bonds is 4. The van der Waals surface area contributed by atoms with E-state index < -0.39 is 5.54 Å². The van der Waals surface area contributed by atoms with Crippen molar-refractivity contribution in [2.24, 2.45) is 5.73 Å². The molecule has 2 N–H and O–H groups in total. The minimum atomic E-state index is -0.512. The summed E-state index contributed by atoms with van der Waals surface area (Å²) in [5, 5.41) is 0. The molecule has 0 aliphatic heterocycles. The van der Waals surface area contributed by atoms with Gasteiger partial charge in [-0.15, -0.1) is 0 Å². The standard InChI is InChI=1S/C28H25NO2/c1-28(29)26-14-8-20(18-4-10-22(30-2)11-5-18)16-24(26)25-17-21(9-15-27(25)28)19-6-12-23(31-3)13-7-19/h4-17H,29H2,1-3H3. The largest absolute Gasteiger partial charge is 0.497 e. The minimum absolute atomic E-state index is 0.512. The Morgan fingerprint density at radius 2 is 0.903 bits per heavy atom. The highest BCUT2D eigenvalue weighted by Gasteiger charge is 2.36. The van der Waals surface area contributed by atoms with E-state index in [1.807, 2.05) is 24.3 Å². The quantitative estimate of drug-likeness (QED) is 0.435. The monoisotopic (exact) mass is 407 g/mol. The van der Waals surface area contributed by atoms with Crippen molar-refractivity contribution in [3.63, 3.8) is 0 Å². The van der Waals surface area contributed by atoms with E-state index in [1.165, 1.54) is 22.3 Å². The molecule has 5 rings (SSSR count). The molecule has 3 heteroatoms. The van der Waals surface area contributed by atoms with Gasteiger partial charge in [0.15, 0.2) is 0 Å². The molecule has 0 aromatic heterocycles. The van der Waals surface area contributed by atoms with Crippen molar-refractivity contribution >= 4 is 0 Å². The molecule has 1 aliphatic carbocycles. The number of hydrogen-bond acceptors (Lipinski definition) is 3. The molecular formula is C28H25NO2. The molecule has 154 valence electrons. The summed E-state index contributed by atoms with van der Waals surface area (Å²) < 4.78 is 10.6. The first-order valence-electron chi connectivity index (χ1n) is 10.4. The van der Waals surface area contributed by atoms with E-state index in [1.54, 1.807) is 14.2 Å². The number of benzene rings is 4. The highest BCUT2D eigenvalue weighted by Crippen LogP contribution is 2.48. The Labute approximate surface area is 183 Å². The molecule has 0 heterocycles. The van der Waals surface area contributed by atoms with E-state index in [4.69, 9.17) is 15.2 Å². The molecule has 4 aromatic carbocycles. The molecule has 0 bridgehead atoms. The summed E-state index contributed by atoms with van der Waals surface area (Å²) in [5.74, 6) is 1.71. The smallest absolute Gasteiger partial charge is 0.118 e. The first kappa shape index (κ1) is 19.4. The lowest BCUT2D eigenvalue weighted by atomic mass is 9.89. The van der Waals surface area contributed by atoms with Crippen LogP contribution in [-0.4, -0.2) is 14.2 Å². The van der Waals surface area contributed by atoms with Gasteiger partial charge in [-0.1, -0.05) is 48.5 Å². The first-order valence-corrected chi connectivity index (χ1v) is 10.4. The molecule has 0 spiro atoms. The summed E-state index contributed by atoms with van der Waals surface area (Å²) >= 11 is 0. The second kappa shape index (κ2) is 7.29. The van der Waals surface area contributed by atoms with E-state index in [0.717, 1.165) is 33.8 Å². The lowest BCUT2D eigenvalue weighted by Crippen LogP contribution is -2.31. The van der Waals surface area contributed by atoms with Crippen LogP contribution in [-0.2, 0) is 5.54 Å². The Balaban J connectivity index is 1.62. The number of methoxy groups -OCH3 is 2. The molecule has 0 fully saturated rings. The summed E-state index contributed by atoms with van der Waals surface area (Å²) in [6.45, 7) is 2.10. The van der Waals surface area contributed by atoms with Gasteiger partial charge < -0.3 is 15.2 Å². The van der Waals surface area contributed by atoms with Gasteiger partial charge in [0.1, 0.15) is 11.5 Å². The zero-order chi connectivity index (χ0) is 21.6. The van der Waals surface area contributed by atoms with Gasteiger partial charge >= 0.3 is 0 Å². The van der Waals surface area contributed by atoms with E-state index in [9.17, 15) is 0 Å². The summed E-state index contributed by atoms with van der Waals surface area (Å²) in [7, 11) is 3.37. The molecular weight excluding hydrogens is 382 g/mol. The fourth-order valence-electron chi connectivity index (χ4n) is 4.51. The molecule has 0 amide bonds. The lowest BCUT2D eigenvalue weighted by molar-refractivity contribution is 0.415. The maximum atomic E-state index is 6.82. The van der Waals surface area contributed by atoms with Crippen LogP contribution in [0.3, 0.4) is 0 Å². The van der Waals surface area contributed by atoms with Gasteiger partial charge in [0.05, 0.1) is 19.8 Å². The van der Waals surface area contributed by atoms with Crippen LogP contribution in [0.25, 0.3) is 33.4 Å². The van der Waals surface area contributed by atoms with Crippen molar-refractivity contribution in [2.75, 3.05) is 14.2 Å². The highest BCUT2D eigenvalue weighted by molar-refractivity contribution is 5.87. The third-order valence-electron chi connectivity index (χ3n) is 6.30. The Morgan fingerprint density at radius 3 is 1.26 bits per heavy atom. The van der Waals surface area contributed by atoms with Crippen LogP contribution in [0, 0.1) is 0 Å². The van der Waals surface area contributed by atoms with Crippen LogP contribution in [0.15, 0.2) is 84.9 Å². The van der Waals surface area contributed by atoms with Crippen LogP contribution in [0.4, 0.5) is 0 Å². The predicted octanol–water partition coefficient (Wildman–Crippen LogP) is 6.24. The molecule has 3 nitrogen and oxygen atoms in total. The average molecular weight is 408 g/mol. The number of hydrogen-bond donors (Lipinski definition) is 1. The predicted molar refractivity (Wildman–Crippen MR) is 126 cm³/mol. The summed E-state index contributed by atoms with van der Waals surface area (Å²) in [6.07, 6.45) is 0. The van der Waals surface area contributed by atoms with Crippen LogP contribution in [0.2, 0.25) is 0 Å². The Hall–Kier alpha value is -3.56. The van der Waals surface area contributed by atoms with Crippen molar-refractivity contribution in [3.8, 4) is 44.9 Å². The van der Waals surface area contributed by atoms with Crippen LogP contribution >= 0.6 is 0 Å². The third kappa shape index (κ3) is 3.18. The molecule has 1 aliphatic rings. The molecule has 0 unspecified atom stereocenters. The topological polar surface area (TPSA) is 44.5 Å². The summed E-state index contributed by atoms with van der Waals surface area (Å²) in [6, 6.07) is 29.5. The van der Waals surface area contributed by atoms with Gasteiger partial charge in [0.25, 0.3) is 0 Å². The van der Waals surface area contributed by atoms with Crippen molar-refractivity contribution in [1.29, 1.82) is 0 Å². The maximum Gasteiger partial charge on any atom is 0.118 e. The van der Waals surface area contributed by atoms with E-state index in [0.29, 0.717) is 0 Å². The molecule has 31 heavy (non-hydrogen) atoms. The Morgan fingerprint density at radius 1 is 0.548 bits per heavy atom. The summed E-state index contributed by atoms with van der Waals surface area (Å²) in [4.78, 5) is 0. The van der Waals surface area contributed by atoms with E-state index in [-0.39, 0.29) is 0 Å². The van der Waals surface area contributed by atoms with Crippen LogP contribution in [0.5, 0.6) is 11.5 Å². The molecule has 0 saturated heterocycles. The van der Waals surface area contributed by atoms with Crippen LogP contribution < -0.4 is 15.2 Å². The van der Waals surface area contributed by atoms with Gasteiger partial charge in [-0.25, -0.2) is 0 Å². The van der Waals surface area contributed by atoms with Crippen LogP contribution in [0.1, 0.15) is 18.1 Å². The van der Waals surface area contributed by atoms with E-state index >= 15 is 0 Å². The second-order valence-corrected chi connectivity index (χ2v) is 8.18. The number of nitrogens with two attached hydrogens (primary N) is 1. The maximum absolute atomic E-state index is 6.82. The fourth-order valence-corrected chi connectivity index (χ4v) is 4.51. The van der Waals surface area contributed by atoms with Crippen molar-refractivity contribution in [1.82, 2.24) is 0 Å². The minimum Gasteiger partial charge on any atom is -0.497 e. The third-order valence-corrected chi connectivity index (χ3v) is 6.30. The van der Waals surface area contributed by atoms with Gasteiger partial charge in [-0.2, -0.15) is 0 Å². The fraction of sp³-hybridized carbons (Fsp3) is 0.143. The molecule has 4 aromatic rings. The Bertz CT molecular complexity index is 1160. The number of fused-ring (bicyclic) bond motifs is 3. The first-order chi connectivity index (χ1) is 15.0. The normalized spacial score (nSPS) is 13.4. The van der Waals surface area contributed by atoms with Gasteiger partial charge in [-0.05, 0) is 87.8 Å². The zero-order valence-electron chi connectivity index (χ0n) is 18.0. The average Bonchev–Trinajstić information content (AvgIpc) is 3.05. The highest BCUT2D eigenvalue weighted by atomic mass is 16.5. The van der Waals surface area contributed by atoms with Gasteiger partial charge in [0, 0.05) is 0 Å². The zero-order valence-corrected chi connectivity index (χ0v) is 18.0. The number of ether oxygens (including phenoxy) is 2. The van der Waals surface area contributed by atoms with E-state index in [2.05, 4.69) is 67.6 Å². The van der Waals surface area contributed by atoms with Crippen molar-refractivity contribution in [3.05, 3.63) is 96.1 Å². The van der Waals surface area contributed by atoms with Gasteiger partial charge in [-0.3, -0.25) is 0 Å². The molecule has 0 radical (unpaired) electrons.